The summed E-state index contributed by atoms with van der Waals surface area (Å²) in [7, 11) is 2.97. The van der Waals surface area contributed by atoms with E-state index in [2.05, 4.69) is 10.4 Å². The van der Waals surface area contributed by atoms with Crippen molar-refractivity contribution in [3.05, 3.63) is 71.2 Å². The fourth-order valence-electron chi connectivity index (χ4n) is 2.77. The van der Waals surface area contributed by atoms with E-state index in [1.165, 1.54) is 20.3 Å². The predicted molar refractivity (Wildman–Crippen MR) is 100.0 cm³/mol. The Hall–Kier alpha value is -3.35. The molecule has 0 saturated heterocycles. The largest absolute Gasteiger partial charge is 0.496 e. The first kappa shape index (κ1) is 18.4. The van der Waals surface area contributed by atoms with Crippen molar-refractivity contribution in [2.75, 3.05) is 19.5 Å². The molecule has 0 bridgehead atoms. The lowest BCUT2D eigenvalue weighted by molar-refractivity contribution is 0.102. The third kappa shape index (κ3) is 3.92. The second-order valence-corrected chi connectivity index (χ2v) is 5.91. The number of nitrogens with one attached hydrogen (secondary N) is 1. The number of nitrogens with zero attached hydrogens (tertiary/aromatic N) is 2. The molecule has 1 heterocycles. The Bertz CT molecular complexity index is 947. The Labute approximate surface area is 156 Å². The first-order chi connectivity index (χ1) is 13.0. The van der Waals surface area contributed by atoms with Gasteiger partial charge in [-0.3, -0.25) is 9.48 Å². The molecule has 1 amide bonds. The van der Waals surface area contributed by atoms with Gasteiger partial charge in [-0.25, -0.2) is 4.39 Å². The van der Waals surface area contributed by atoms with E-state index in [4.69, 9.17) is 9.47 Å². The first-order valence-corrected chi connectivity index (χ1v) is 8.33. The Morgan fingerprint density at radius 2 is 1.78 bits per heavy atom. The smallest absolute Gasteiger partial charge is 0.264 e. The van der Waals surface area contributed by atoms with Crippen molar-refractivity contribution in [3.63, 3.8) is 0 Å². The van der Waals surface area contributed by atoms with Crippen LogP contribution < -0.4 is 14.8 Å². The van der Waals surface area contributed by atoms with Crippen molar-refractivity contribution in [2.45, 2.75) is 13.5 Å². The molecule has 0 atom stereocenters. The van der Waals surface area contributed by atoms with Gasteiger partial charge >= 0.3 is 0 Å². The van der Waals surface area contributed by atoms with Gasteiger partial charge in [0.15, 0.2) is 5.82 Å². The number of hydrogen-bond donors (Lipinski definition) is 1. The minimum absolute atomic E-state index is 0.270. The monoisotopic (exact) mass is 369 g/mol. The summed E-state index contributed by atoms with van der Waals surface area (Å²) in [6.07, 6.45) is 0. The van der Waals surface area contributed by atoms with Gasteiger partial charge in [-0.15, -0.1) is 0 Å². The fourth-order valence-corrected chi connectivity index (χ4v) is 2.77. The number of aryl methyl sites for hydroxylation is 1. The van der Waals surface area contributed by atoms with E-state index in [1.54, 1.807) is 47.1 Å². The molecule has 0 fully saturated rings. The third-order valence-electron chi connectivity index (χ3n) is 4.16. The molecule has 3 aromatic rings. The van der Waals surface area contributed by atoms with Gasteiger partial charge < -0.3 is 14.8 Å². The van der Waals surface area contributed by atoms with E-state index in [1.807, 2.05) is 6.92 Å². The van der Waals surface area contributed by atoms with E-state index in [9.17, 15) is 9.18 Å². The van der Waals surface area contributed by atoms with Gasteiger partial charge in [0.25, 0.3) is 5.91 Å². The number of hydrogen-bond acceptors (Lipinski definition) is 4. The molecular formula is C20H20FN3O3. The van der Waals surface area contributed by atoms with E-state index in [0.717, 1.165) is 5.69 Å². The molecule has 1 N–H and O–H groups in total. The zero-order valence-electron chi connectivity index (χ0n) is 15.3. The molecule has 27 heavy (non-hydrogen) atoms. The second-order valence-electron chi connectivity index (χ2n) is 5.91. The maximum atomic E-state index is 13.9. The maximum absolute atomic E-state index is 13.9. The number of amides is 1. The Kier molecular flexibility index (Phi) is 5.40. The number of halogens is 1. The van der Waals surface area contributed by atoms with Crippen molar-refractivity contribution >= 4 is 11.7 Å². The van der Waals surface area contributed by atoms with Crippen LogP contribution >= 0.6 is 0 Å². The normalized spacial score (nSPS) is 10.5. The van der Waals surface area contributed by atoms with Crippen LogP contribution in [0.25, 0.3) is 0 Å². The molecule has 1 aromatic heterocycles. The standard InChI is InChI=1S/C20H20FN3O3/c1-13-11-18(23-24(13)12-14-7-4-5-8-15(14)21)22-20(25)19-16(26-2)9-6-10-17(19)27-3/h4-11H,12H2,1-3H3,(H,22,23,25). The summed E-state index contributed by atoms with van der Waals surface area (Å²) in [5.41, 5.74) is 1.59. The molecule has 0 spiro atoms. The van der Waals surface area contributed by atoms with Crippen molar-refractivity contribution in [2.24, 2.45) is 0 Å². The average Bonchev–Trinajstić information content (AvgIpc) is 3.01. The Balaban J connectivity index is 1.83. The summed E-state index contributed by atoms with van der Waals surface area (Å²) in [6.45, 7) is 2.11. The Morgan fingerprint density at radius 3 is 2.41 bits per heavy atom. The van der Waals surface area contributed by atoms with Gasteiger partial charge in [-0.1, -0.05) is 24.3 Å². The Morgan fingerprint density at radius 1 is 1.11 bits per heavy atom. The summed E-state index contributed by atoms with van der Waals surface area (Å²) in [4.78, 5) is 12.7. The summed E-state index contributed by atoms with van der Waals surface area (Å²) in [5.74, 6) is 0.460. The summed E-state index contributed by atoms with van der Waals surface area (Å²) >= 11 is 0. The first-order valence-electron chi connectivity index (χ1n) is 8.33. The number of methoxy groups -OCH3 is 2. The topological polar surface area (TPSA) is 65.4 Å². The quantitative estimate of drug-likeness (QED) is 0.720. The van der Waals surface area contributed by atoms with Crippen LogP contribution in [-0.2, 0) is 6.54 Å². The molecule has 140 valence electrons. The molecule has 0 unspecified atom stereocenters. The van der Waals surface area contributed by atoms with Crippen LogP contribution in [0.2, 0.25) is 0 Å². The molecular weight excluding hydrogens is 349 g/mol. The van der Waals surface area contributed by atoms with Gasteiger partial charge in [-0.2, -0.15) is 5.10 Å². The van der Waals surface area contributed by atoms with E-state index < -0.39 is 5.91 Å². The van der Waals surface area contributed by atoms with Crippen LogP contribution in [0, 0.1) is 12.7 Å². The van der Waals surface area contributed by atoms with Crippen LogP contribution in [0.15, 0.2) is 48.5 Å². The second kappa shape index (κ2) is 7.90. The lowest BCUT2D eigenvalue weighted by Gasteiger charge is -2.12. The molecule has 0 aliphatic carbocycles. The van der Waals surface area contributed by atoms with Crippen molar-refractivity contribution < 1.29 is 18.7 Å². The zero-order valence-corrected chi connectivity index (χ0v) is 15.3. The van der Waals surface area contributed by atoms with Crippen molar-refractivity contribution in [1.82, 2.24) is 9.78 Å². The van der Waals surface area contributed by atoms with Crippen LogP contribution in [0.1, 0.15) is 21.6 Å². The highest BCUT2D eigenvalue weighted by Crippen LogP contribution is 2.29. The van der Waals surface area contributed by atoms with Gasteiger partial charge in [0, 0.05) is 17.3 Å². The highest BCUT2D eigenvalue weighted by Gasteiger charge is 2.19. The molecule has 2 aromatic carbocycles. The molecule has 0 aliphatic heterocycles. The van der Waals surface area contributed by atoms with Gasteiger partial charge in [0.05, 0.1) is 20.8 Å². The third-order valence-corrected chi connectivity index (χ3v) is 4.16. The summed E-state index contributed by atoms with van der Waals surface area (Å²) in [6, 6.07) is 13.3. The maximum Gasteiger partial charge on any atom is 0.264 e. The molecule has 0 aliphatic rings. The van der Waals surface area contributed by atoms with Crippen LogP contribution in [0.4, 0.5) is 10.2 Å². The SMILES string of the molecule is COc1cccc(OC)c1C(=O)Nc1cc(C)n(Cc2ccccc2F)n1. The molecule has 0 saturated carbocycles. The number of carbonyl (C=O) groups excluding carboxylic acids is 1. The number of rotatable bonds is 6. The van der Waals surface area contributed by atoms with Crippen molar-refractivity contribution in [1.29, 1.82) is 0 Å². The number of carbonyl (C=O) groups is 1. The highest BCUT2D eigenvalue weighted by atomic mass is 19.1. The molecule has 0 radical (unpaired) electrons. The summed E-state index contributed by atoms with van der Waals surface area (Å²) in [5, 5.41) is 7.10. The number of benzene rings is 2. The number of ether oxygens (including phenoxy) is 2. The summed E-state index contributed by atoms with van der Waals surface area (Å²) < 4.78 is 26.0. The number of aromatic nitrogens is 2. The predicted octanol–water partition coefficient (Wildman–Crippen LogP) is 3.65. The lowest BCUT2D eigenvalue weighted by Crippen LogP contribution is -2.15. The highest BCUT2D eigenvalue weighted by molar-refractivity contribution is 6.07. The molecule has 3 rings (SSSR count). The minimum Gasteiger partial charge on any atom is -0.496 e. The molecule has 7 heteroatoms. The van der Waals surface area contributed by atoms with E-state index in [-0.39, 0.29) is 17.9 Å². The van der Waals surface area contributed by atoms with Crippen LogP contribution in [0.5, 0.6) is 11.5 Å². The van der Waals surface area contributed by atoms with Crippen LogP contribution in [-0.4, -0.2) is 29.9 Å². The molecule has 6 nitrogen and oxygen atoms in total. The van der Waals surface area contributed by atoms with Gasteiger partial charge in [-0.05, 0) is 25.1 Å². The van der Waals surface area contributed by atoms with Crippen LogP contribution in [0.3, 0.4) is 0 Å². The number of anilines is 1. The van der Waals surface area contributed by atoms with Gasteiger partial charge in [0.1, 0.15) is 22.9 Å². The van der Waals surface area contributed by atoms with E-state index in [0.29, 0.717) is 22.9 Å². The minimum atomic E-state index is -0.403. The lowest BCUT2D eigenvalue weighted by atomic mass is 10.1. The van der Waals surface area contributed by atoms with Crippen molar-refractivity contribution in [3.8, 4) is 11.5 Å². The fraction of sp³-hybridized carbons (Fsp3) is 0.200. The average molecular weight is 369 g/mol. The zero-order chi connectivity index (χ0) is 19.4. The van der Waals surface area contributed by atoms with E-state index >= 15 is 0 Å². The van der Waals surface area contributed by atoms with Gasteiger partial charge in [0.2, 0.25) is 0 Å².